The van der Waals surface area contributed by atoms with E-state index in [-0.39, 0.29) is 37.7 Å². The maximum absolute atomic E-state index is 12.0. The van der Waals surface area contributed by atoms with E-state index in [9.17, 15) is 4.57 Å². The van der Waals surface area contributed by atoms with Gasteiger partial charge in [0.2, 0.25) is 0 Å². The second-order valence-electron chi connectivity index (χ2n) is 3.22. The molecule has 2 rings (SSSR count). The van der Waals surface area contributed by atoms with E-state index in [2.05, 4.69) is 0 Å². The first kappa shape index (κ1) is 18.1. The zero-order valence-corrected chi connectivity index (χ0v) is 13.2. The number of carboxylic acid groups (broad SMARTS) is 2. The minimum absolute atomic E-state index is 0. The van der Waals surface area contributed by atoms with Crippen LogP contribution in [0.15, 0.2) is 60.7 Å². The average molecular weight is 301 g/mol. The van der Waals surface area contributed by atoms with Crippen LogP contribution in [0.5, 0.6) is 0 Å². The van der Waals surface area contributed by atoms with Gasteiger partial charge in [-0.05, 0) is 30.4 Å². The van der Waals surface area contributed by atoms with Gasteiger partial charge in [0.25, 0.3) is 0 Å². The summed E-state index contributed by atoms with van der Waals surface area (Å²) in [5.41, 5.74) is 0. The minimum atomic E-state index is -2.33. The Bertz CT molecular complexity index is 471. The van der Waals surface area contributed by atoms with Crippen molar-refractivity contribution in [3.8, 4) is 0 Å². The standard InChI is InChI=1S/C12H10OP.CH2O3.Ca/c13-14(11-7-3-1-4-8-11)12-9-5-2-6-10-12;2-1(3)4;/h1-10H;(H2,2,3,4);/q+1;;+2/p-2. The Morgan fingerprint density at radius 1 is 0.789 bits per heavy atom. The van der Waals surface area contributed by atoms with E-state index in [1.807, 2.05) is 60.7 Å². The maximum Gasteiger partial charge on any atom is 2.00 e. The van der Waals surface area contributed by atoms with Crippen LogP contribution in [0.3, 0.4) is 0 Å². The molecule has 0 aliphatic carbocycles. The van der Waals surface area contributed by atoms with Gasteiger partial charge in [-0.2, -0.15) is 0 Å². The third-order valence-corrected chi connectivity index (χ3v) is 3.52. The molecule has 0 radical (unpaired) electrons. The van der Waals surface area contributed by atoms with E-state index in [4.69, 9.17) is 15.0 Å². The summed E-state index contributed by atoms with van der Waals surface area (Å²) in [6.07, 6.45) is -2.33. The van der Waals surface area contributed by atoms with Gasteiger partial charge in [0.05, 0.1) is 0 Å². The number of carbonyl (C=O) groups excluding carboxylic acids is 1. The summed E-state index contributed by atoms with van der Waals surface area (Å²) in [6, 6.07) is 19.1. The quantitative estimate of drug-likeness (QED) is 0.560. The first-order chi connectivity index (χ1) is 8.61. The van der Waals surface area contributed by atoms with Crippen molar-refractivity contribution in [1.82, 2.24) is 0 Å². The van der Waals surface area contributed by atoms with E-state index < -0.39 is 14.0 Å². The fraction of sp³-hybridized carbons (Fsp3) is 0. The molecular weight excluding hydrogens is 291 g/mol. The molecule has 0 spiro atoms. The Labute approximate surface area is 141 Å². The number of benzene rings is 2. The van der Waals surface area contributed by atoms with E-state index in [0.29, 0.717) is 0 Å². The molecule has 0 bridgehead atoms. The third-order valence-electron chi connectivity index (χ3n) is 1.98. The maximum atomic E-state index is 12.0. The van der Waals surface area contributed by atoms with Crippen LogP contribution < -0.4 is 20.8 Å². The zero-order valence-electron chi connectivity index (χ0n) is 10.1. The van der Waals surface area contributed by atoms with Gasteiger partial charge in [0.1, 0.15) is 0 Å². The van der Waals surface area contributed by atoms with Crippen LogP contribution in [0.25, 0.3) is 0 Å². The molecule has 0 saturated carbocycles. The Hall–Kier alpha value is -0.930. The Morgan fingerprint density at radius 2 is 1.05 bits per heavy atom. The van der Waals surface area contributed by atoms with Crippen molar-refractivity contribution in [3.05, 3.63) is 60.7 Å². The number of carbonyl (C=O) groups is 1. The normalized spacial score (nSPS) is 8.42. The molecule has 19 heavy (non-hydrogen) atoms. The molecule has 0 saturated heterocycles. The Kier molecular flexibility index (Phi) is 9.44. The van der Waals surface area contributed by atoms with Gasteiger partial charge in [-0.15, -0.1) is 0 Å². The predicted molar refractivity (Wildman–Crippen MR) is 70.9 cm³/mol. The summed E-state index contributed by atoms with van der Waals surface area (Å²) >= 11 is 0. The summed E-state index contributed by atoms with van der Waals surface area (Å²) in [6.45, 7) is 0. The molecule has 0 fully saturated rings. The zero-order chi connectivity index (χ0) is 13.4. The van der Waals surface area contributed by atoms with Gasteiger partial charge in [0.15, 0.2) is 10.6 Å². The Balaban J connectivity index is 0.000000576. The minimum Gasteiger partial charge on any atom is -0.652 e. The van der Waals surface area contributed by atoms with Gasteiger partial charge >= 0.3 is 45.5 Å². The summed E-state index contributed by atoms with van der Waals surface area (Å²) in [7, 11) is -1.42. The second-order valence-corrected chi connectivity index (χ2v) is 4.84. The average Bonchev–Trinajstić information content (AvgIpc) is 2.39. The van der Waals surface area contributed by atoms with Crippen molar-refractivity contribution in [2.24, 2.45) is 0 Å². The Morgan fingerprint density at radius 3 is 1.32 bits per heavy atom. The van der Waals surface area contributed by atoms with Gasteiger partial charge in [-0.25, -0.2) is 0 Å². The van der Waals surface area contributed by atoms with Gasteiger partial charge in [0, 0.05) is 0 Å². The molecule has 0 aliphatic rings. The number of rotatable bonds is 2. The van der Waals surface area contributed by atoms with Crippen LogP contribution in [-0.4, -0.2) is 43.9 Å². The molecule has 0 heterocycles. The molecule has 0 aliphatic heterocycles. The molecule has 0 amide bonds. The smallest absolute Gasteiger partial charge is 0.652 e. The summed E-state index contributed by atoms with van der Waals surface area (Å²) in [4.78, 5) is 8.33. The molecule has 2 aromatic rings. The summed E-state index contributed by atoms with van der Waals surface area (Å²) < 4.78 is 12.0. The second kappa shape index (κ2) is 9.93. The molecule has 0 N–H and O–H groups in total. The molecule has 0 aromatic heterocycles. The first-order valence-electron chi connectivity index (χ1n) is 5.06. The number of hydrogen-bond donors (Lipinski definition) is 0. The van der Waals surface area contributed by atoms with Crippen molar-refractivity contribution in [2.75, 3.05) is 0 Å². The van der Waals surface area contributed by atoms with Gasteiger partial charge in [-0.1, -0.05) is 41.0 Å². The monoisotopic (exact) mass is 301 g/mol. The molecule has 0 atom stereocenters. The van der Waals surface area contributed by atoms with Crippen LogP contribution in [-0.2, 0) is 4.57 Å². The van der Waals surface area contributed by atoms with Crippen LogP contribution in [0.2, 0.25) is 0 Å². The molecule has 2 aromatic carbocycles. The van der Waals surface area contributed by atoms with Crippen molar-refractivity contribution < 1.29 is 19.6 Å². The van der Waals surface area contributed by atoms with Crippen LogP contribution in [0.4, 0.5) is 4.79 Å². The molecule has 0 unspecified atom stereocenters. The van der Waals surface area contributed by atoms with E-state index in [1.54, 1.807) is 0 Å². The van der Waals surface area contributed by atoms with Crippen molar-refractivity contribution in [3.63, 3.8) is 0 Å². The van der Waals surface area contributed by atoms with E-state index >= 15 is 0 Å². The SMILES string of the molecule is O=C([O-])[O-].O=[P+](c1ccccc1)c1ccccc1.[Ca+2]. The third kappa shape index (κ3) is 7.28. The molecular formula is C13H10CaO4P+. The van der Waals surface area contributed by atoms with Crippen LogP contribution in [0, 0.1) is 0 Å². The van der Waals surface area contributed by atoms with Crippen molar-refractivity contribution in [1.29, 1.82) is 0 Å². The fourth-order valence-corrected chi connectivity index (χ4v) is 2.46. The van der Waals surface area contributed by atoms with Crippen LogP contribution >= 0.6 is 7.80 Å². The van der Waals surface area contributed by atoms with Gasteiger partial charge in [-0.3, -0.25) is 0 Å². The van der Waals surface area contributed by atoms with Gasteiger partial charge < -0.3 is 15.0 Å². The fourth-order valence-electron chi connectivity index (χ4n) is 1.28. The summed E-state index contributed by atoms with van der Waals surface area (Å²) in [5, 5.41) is 18.4. The topological polar surface area (TPSA) is 80.3 Å². The molecule has 4 nitrogen and oxygen atoms in total. The largest absolute Gasteiger partial charge is 2.00 e. The predicted octanol–water partition coefficient (Wildman–Crippen LogP) is -0.363. The van der Waals surface area contributed by atoms with E-state index in [1.165, 1.54) is 0 Å². The van der Waals surface area contributed by atoms with Crippen molar-refractivity contribution in [2.45, 2.75) is 0 Å². The molecule has 92 valence electrons. The van der Waals surface area contributed by atoms with Crippen molar-refractivity contribution >= 4 is 62.3 Å². The van der Waals surface area contributed by atoms with E-state index in [0.717, 1.165) is 10.6 Å². The molecule has 6 heteroatoms. The van der Waals surface area contributed by atoms with Crippen LogP contribution in [0.1, 0.15) is 0 Å². The first-order valence-corrected chi connectivity index (χ1v) is 6.32. The summed E-state index contributed by atoms with van der Waals surface area (Å²) in [5.74, 6) is 0. The number of hydrogen-bond acceptors (Lipinski definition) is 4.